The normalized spacial score (nSPS) is 23.1. The van der Waals surface area contributed by atoms with Gasteiger partial charge in [-0.1, -0.05) is 0 Å². The van der Waals surface area contributed by atoms with E-state index in [1.807, 2.05) is 0 Å². The Morgan fingerprint density at radius 3 is 2.67 bits per heavy atom. The SMILES string of the molecule is CCOC(=O)C1C(=O)N(CCOC(C)=O)CC1O. The van der Waals surface area contributed by atoms with Crippen molar-refractivity contribution in [3.63, 3.8) is 0 Å². The fourth-order valence-corrected chi connectivity index (χ4v) is 1.77. The minimum atomic E-state index is -1.16. The van der Waals surface area contributed by atoms with Crippen molar-refractivity contribution in [3.05, 3.63) is 0 Å². The minimum absolute atomic E-state index is 0.0450. The highest BCUT2D eigenvalue weighted by Crippen LogP contribution is 2.20. The number of likely N-dealkylation sites (tertiary alicyclic amines) is 1. The van der Waals surface area contributed by atoms with Crippen LogP contribution in [0.15, 0.2) is 0 Å². The summed E-state index contributed by atoms with van der Waals surface area (Å²) >= 11 is 0. The van der Waals surface area contributed by atoms with E-state index in [2.05, 4.69) is 0 Å². The van der Waals surface area contributed by atoms with Gasteiger partial charge in [0.2, 0.25) is 5.91 Å². The highest BCUT2D eigenvalue weighted by Gasteiger charge is 2.45. The molecule has 1 aliphatic rings. The maximum absolute atomic E-state index is 11.8. The number of hydrogen-bond acceptors (Lipinski definition) is 6. The lowest BCUT2D eigenvalue weighted by Gasteiger charge is -2.15. The molecule has 0 saturated carbocycles. The first-order valence-electron chi connectivity index (χ1n) is 5.74. The number of aliphatic hydroxyl groups excluding tert-OH is 1. The fourth-order valence-electron chi connectivity index (χ4n) is 1.77. The molecule has 7 heteroatoms. The molecule has 0 aromatic heterocycles. The van der Waals surface area contributed by atoms with Crippen molar-refractivity contribution in [1.82, 2.24) is 4.90 Å². The fraction of sp³-hybridized carbons (Fsp3) is 0.727. The highest BCUT2D eigenvalue weighted by atomic mass is 16.5. The van der Waals surface area contributed by atoms with E-state index in [4.69, 9.17) is 9.47 Å². The predicted molar refractivity (Wildman–Crippen MR) is 59.3 cm³/mol. The second-order valence-electron chi connectivity index (χ2n) is 3.92. The quantitative estimate of drug-likeness (QED) is 0.499. The van der Waals surface area contributed by atoms with Crippen LogP contribution < -0.4 is 0 Å². The van der Waals surface area contributed by atoms with E-state index in [9.17, 15) is 19.5 Å². The summed E-state index contributed by atoms with van der Waals surface area (Å²) in [6.07, 6.45) is -1.08. The summed E-state index contributed by atoms with van der Waals surface area (Å²) in [5.74, 6) is -2.82. The summed E-state index contributed by atoms with van der Waals surface area (Å²) < 4.78 is 9.43. The van der Waals surface area contributed by atoms with E-state index in [1.165, 1.54) is 11.8 Å². The van der Waals surface area contributed by atoms with Gasteiger partial charge in [0.05, 0.1) is 19.3 Å². The number of ether oxygens (including phenoxy) is 2. The van der Waals surface area contributed by atoms with Crippen LogP contribution in [0.2, 0.25) is 0 Å². The molecule has 7 nitrogen and oxygen atoms in total. The molecule has 2 atom stereocenters. The maximum atomic E-state index is 11.8. The molecular weight excluding hydrogens is 242 g/mol. The lowest BCUT2D eigenvalue weighted by Crippen LogP contribution is -2.34. The molecule has 2 unspecified atom stereocenters. The molecule has 0 spiro atoms. The standard InChI is InChI=1S/C11H17NO6/c1-3-17-11(16)9-8(14)6-12(10(9)15)4-5-18-7(2)13/h8-9,14H,3-6H2,1-2H3. The van der Waals surface area contributed by atoms with E-state index in [0.29, 0.717) is 0 Å². The van der Waals surface area contributed by atoms with Gasteiger partial charge in [-0.2, -0.15) is 0 Å². The van der Waals surface area contributed by atoms with Gasteiger partial charge in [0.25, 0.3) is 0 Å². The van der Waals surface area contributed by atoms with Crippen molar-refractivity contribution in [2.75, 3.05) is 26.3 Å². The van der Waals surface area contributed by atoms with Crippen molar-refractivity contribution < 1.29 is 29.0 Å². The van der Waals surface area contributed by atoms with E-state index in [-0.39, 0.29) is 26.3 Å². The Hall–Kier alpha value is -1.63. The average Bonchev–Trinajstić information content (AvgIpc) is 2.54. The number of carbonyl (C=O) groups excluding carboxylic acids is 3. The molecule has 1 heterocycles. The molecule has 0 aromatic rings. The zero-order chi connectivity index (χ0) is 13.7. The molecule has 1 rings (SSSR count). The van der Waals surface area contributed by atoms with Crippen LogP contribution >= 0.6 is 0 Å². The van der Waals surface area contributed by atoms with Crippen LogP contribution in [0.4, 0.5) is 0 Å². The second-order valence-corrected chi connectivity index (χ2v) is 3.92. The first kappa shape index (κ1) is 14.4. The molecular formula is C11H17NO6. The van der Waals surface area contributed by atoms with Crippen molar-refractivity contribution in [2.24, 2.45) is 5.92 Å². The Balaban J connectivity index is 2.52. The van der Waals surface area contributed by atoms with Gasteiger partial charge in [-0.3, -0.25) is 14.4 Å². The summed E-state index contributed by atoms with van der Waals surface area (Å²) in [4.78, 5) is 35.2. The average molecular weight is 259 g/mol. The maximum Gasteiger partial charge on any atom is 0.321 e. The lowest BCUT2D eigenvalue weighted by molar-refractivity contribution is -0.155. The predicted octanol–water partition coefficient (Wildman–Crippen LogP) is -1.07. The molecule has 1 amide bonds. The van der Waals surface area contributed by atoms with Crippen molar-refractivity contribution in [3.8, 4) is 0 Å². The molecule has 0 bridgehead atoms. The van der Waals surface area contributed by atoms with E-state index >= 15 is 0 Å². The Kier molecular flexibility index (Phi) is 5.08. The molecule has 0 aliphatic carbocycles. The van der Waals surface area contributed by atoms with Gasteiger partial charge < -0.3 is 19.5 Å². The van der Waals surface area contributed by atoms with Gasteiger partial charge in [0.1, 0.15) is 6.61 Å². The minimum Gasteiger partial charge on any atom is -0.465 e. The Morgan fingerprint density at radius 2 is 2.11 bits per heavy atom. The molecule has 0 aromatic carbocycles. The summed E-state index contributed by atoms with van der Waals surface area (Å²) in [7, 11) is 0. The summed E-state index contributed by atoms with van der Waals surface area (Å²) in [6, 6.07) is 0. The number of β-amino-alcohol motifs (C(OH)–C–C–N with tert-alkyl or cyclic N) is 1. The lowest BCUT2D eigenvalue weighted by atomic mass is 10.1. The van der Waals surface area contributed by atoms with Crippen LogP contribution in [0, 0.1) is 5.92 Å². The van der Waals surface area contributed by atoms with Crippen LogP contribution in [0.25, 0.3) is 0 Å². The summed E-state index contributed by atoms with van der Waals surface area (Å²) in [5, 5.41) is 9.66. The molecule has 1 fully saturated rings. The third kappa shape index (κ3) is 3.43. The highest BCUT2D eigenvalue weighted by molar-refractivity contribution is 6.00. The van der Waals surface area contributed by atoms with Gasteiger partial charge in [0.15, 0.2) is 5.92 Å². The molecule has 0 radical (unpaired) electrons. The van der Waals surface area contributed by atoms with Gasteiger partial charge in [-0.15, -0.1) is 0 Å². The van der Waals surface area contributed by atoms with Gasteiger partial charge in [0, 0.05) is 13.5 Å². The van der Waals surface area contributed by atoms with E-state index in [1.54, 1.807) is 6.92 Å². The Morgan fingerprint density at radius 1 is 1.44 bits per heavy atom. The molecule has 18 heavy (non-hydrogen) atoms. The van der Waals surface area contributed by atoms with Gasteiger partial charge in [-0.25, -0.2) is 0 Å². The second kappa shape index (κ2) is 6.34. The van der Waals surface area contributed by atoms with Crippen molar-refractivity contribution in [2.45, 2.75) is 20.0 Å². The third-order valence-corrected chi connectivity index (χ3v) is 2.58. The van der Waals surface area contributed by atoms with Crippen LogP contribution in [0.5, 0.6) is 0 Å². The first-order valence-corrected chi connectivity index (χ1v) is 5.74. The van der Waals surface area contributed by atoms with Crippen LogP contribution in [0.3, 0.4) is 0 Å². The van der Waals surface area contributed by atoms with Gasteiger partial charge >= 0.3 is 11.9 Å². The van der Waals surface area contributed by atoms with Gasteiger partial charge in [-0.05, 0) is 6.92 Å². The number of amides is 1. The monoisotopic (exact) mass is 259 g/mol. The van der Waals surface area contributed by atoms with Crippen LogP contribution in [0.1, 0.15) is 13.8 Å². The zero-order valence-corrected chi connectivity index (χ0v) is 10.4. The number of carbonyl (C=O) groups is 3. The molecule has 1 N–H and O–H groups in total. The Labute approximate surface area is 105 Å². The Bertz CT molecular complexity index is 342. The van der Waals surface area contributed by atoms with Crippen LogP contribution in [-0.4, -0.2) is 60.3 Å². The summed E-state index contributed by atoms with van der Waals surface area (Å²) in [6.45, 7) is 3.30. The molecule has 1 aliphatic heterocycles. The molecule has 102 valence electrons. The zero-order valence-electron chi connectivity index (χ0n) is 10.4. The number of esters is 2. The topological polar surface area (TPSA) is 93.1 Å². The molecule has 1 saturated heterocycles. The number of nitrogens with zero attached hydrogens (tertiary/aromatic N) is 1. The van der Waals surface area contributed by atoms with Crippen LogP contribution in [-0.2, 0) is 23.9 Å². The van der Waals surface area contributed by atoms with Crippen molar-refractivity contribution in [1.29, 1.82) is 0 Å². The third-order valence-electron chi connectivity index (χ3n) is 2.58. The van der Waals surface area contributed by atoms with E-state index < -0.39 is 29.9 Å². The number of rotatable bonds is 5. The largest absolute Gasteiger partial charge is 0.465 e. The number of hydrogen-bond donors (Lipinski definition) is 1. The number of aliphatic hydroxyl groups is 1. The first-order chi connectivity index (χ1) is 8.47. The smallest absolute Gasteiger partial charge is 0.321 e. The van der Waals surface area contributed by atoms with E-state index in [0.717, 1.165) is 0 Å². The summed E-state index contributed by atoms with van der Waals surface area (Å²) in [5.41, 5.74) is 0. The van der Waals surface area contributed by atoms with Crippen molar-refractivity contribution >= 4 is 17.8 Å².